The Bertz CT molecular complexity index is 612. The molecule has 0 spiro atoms. The Hall–Kier alpha value is -1.47. The summed E-state index contributed by atoms with van der Waals surface area (Å²) in [7, 11) is 1.55. The van der Waals surface area contributed by atoms with Gasteiger partial charge in [-0.3, -0.25) is 4.79 Å². The van der Waals surface area contributed by atoms with Gasteiger partial charge in [0.15, 0.2) is 5.13 Å². The molecule has 1 heterocycles. The van der Waals surface area contributed by atoms with Crippen LogP contribution < -0.4 is 11.1 Å². The molecule has 2 aromatic rings. The molecule has 1 aromatic carbocycles. The van der Waals surface area contributed by atoms with Crippen LogP contribution in [0.15, 0.2) is 29.6 Å². The summed E-state index contributed by atoms with van der Waals surface area (Å²) >= 11 is 1.41. The molecule has 1 unspecified atom stereocenters. The molecule has 1 amide bonds. The van der Waals surface area contributed by atoms with Gasteiger partial charge < -0.3 is 15.8 Å². The molecular weight excluding hydrogens is 334 g/mol. The molecule has 0 aliphatic heterocycles. The van der Waals surface area contributed by atoms with Crippen LogP contribution in [0, 0.1) is 0 Å². The number of thiazole rings is 1. The van der Waals surface area contributed by atoms with Crippen LogP contribution in [0.25, 0.3) is 11.3 Å². The number of halogens is 1. The number of hydrogen-bond donors (Lipinski definition) is 2. The number of rotatable bonds is 7. The summed E-state index contributed by atoms with van der Waals surface area (Å²) in [4.78, 5) is 16.3. The van der Waals surface area contributed by atoms with E-state index in [1.807, 2.05) is 5.38 Å². The summed E-state index contributed by atoms with van der Waals surface area (Å²) in [6.07, 6.45) is 0.981. The molecule has 0 radical (unpaired) electrons. The van der Waals surface area contributed by atoms with Gasteiger partial charge >= 0.3 is 0 Å². The molecule has 2 rings (SSSR count). The van der Waals surface area contributed by atoms with Gasteiger partial charge in [0.25, 0.3) is 0 Å². The molecule has 0 aliphatic rings. The summed E-state index contributed by atoms with van der Waals surface area (Å²) in [5.74, 6) is -0.139. The third-order valence-electron chi connectivity index (χ3n) is 3.42. The average Bonchev–Trinajstić information content (AvgIpc) is 3.01. The van der Waals surface area contributed by atoms with Crippen molar-refractivity contribution in [3.8, 4) is 11.3 Å². The molecular formula is C16H22ClN3O2S. The van der Waals surface area contributed by atoms with Crippen LogP contribution in [0.2, 0.25) is 0 Å². The quantitative estimate of drug-likeness (QED) is 0.800. The molecule has 1 aromatic heterocycles. The Morgan fingerprint density at radius 1 is 1.39 bits per heavy atom. The minimum absolute atomic E-state index is 0. The van der Waals surface area contributed by atoms with E-state index in [0.717, 1.165) is 17.7 Å². The smallest absolute Gasteiger partial charge is 0.228 e. The van der Waals surface area contributed by atoms with Gasteiger partial charge in [0, 0.05) is 24.6 Å². The molecule has 0 aliphatic carbocycles. The van der Waals surface area contributed by atoms with Crippen molar-refractivity contribution in [3.05, 3.63) is 35.2 Å². The fourth-order valence-corrected chi connectivity index (χ4v) is 2.75. The van der Waals surface area contributed by atoms with Crippen LogP contribution in [0.5, 0.6) is 0 Å². The number of methoxy groups -OCH3 is 1. The Morgan fingerprint density at radius 2 is 2.09 bits per heavy atom. The molecule has 0 fully saturated rings. The standard InChI is InChI=1S/C16H21N3O2S.ClH/c1-3-11-4-6-12(7-5-11)14-10-22-16(18-14)19-15(20)8-13(9-17)21-2;/h4-7,10,13H,3,8-9,17H2,1-2H3,(H,18,19,20);1H. The van der Waals surface area contributed by atoms with Crippen molar-refractivity contribution in [1.29, 1.82) is 0 Å². The number of ether oxygens (including phenoxy) is 1. The number of amides is 1. The van der Waals surface area contributed by atoms with E-state index >= 15 is 0 Å². The second kappa shape index (κ2) is 9.62. The van der Waals surface area contributed by atoms with Gasteiger partial charge in [-0.2, -0.15) is 0 Å². The van der Waals surface area contributed by atoms with Crippen LogP contribution in [0.4, 0.5) is 5.13 Å². The largest absolute Gasteiger partial charge is 0.380 e. The Balaban J connectivity index is 0.00000264. The Kier molecular flexibility index (Phi) is 8.19. The fourth-order valence-electron chi connectivity index (χ4n) is 2.01. The number of carbonyl (C=O) groups excluding carboxylic acids is 1. The van der Waals surface area contributed by atoms with E-state index in [9.17, 15) is 4.79 Å². The van der Waals surface area contributed by atoms with Crippen molar-refractivity contribution >= 4 is 34.8 Å². The molecule has 7 heteroatoms. The minimum Gasteiger partial charge on any atom is -0.380 e. The maximum Gasteiger partial charge on any atom is 0.228 e. The molecule has 3 N–H and O–H groups in total. The number of aryl methyl sites for hydroxylation is 1. The number of benzene rings is 1. The summed E-state index contributed by atoms with van der Waals surface area (Å²) in [6, 6.07) is 8.29. The van der Waals surface area contributed by atoms with Gasteiger partial charge in [-0.25, -0.2) is 4.98 Å². The zero-order valence-electron chi connectivity index (χ0n) is 13.2. The topological polar surface area (TPSA) is 77.2 Å². The number of carbonyl (C=O) groups is 1. The number of anilines is 1. The number of nitrogens with zero attached hydrogens (tertiary/aromatic N) is 1. The first kappa shape index (κ1) is 19.6. The third kappa shape index (κ3) is 5.58. The SMILES string of the molecule is CCc1ccc(-c2csc(NC(=O)CC(CN)OC)n2)cc1.Cl. The van der Waals surface area contributed by atoms with E-state index in [1.54, 1.807) is 7.11 Å². The van der Waals surface area contributed by atoms with Gasteiger partial charge in [-0.1, -0.05) is 31.2 Å². The Morgan fingerprint density at radius 3 is 2.65 bits per heavy atom. The molecule has 23 heavy (non-hydrogen) atoms. The average molecular weight is 356 g/mol. The Labute approximate surface area is 146 Å². The lowest BCUT2D eigenvalue weighted by molar-refractivity contribution is -0.118. The predicted molar refractivity (Wildman–Crippen MR) is 97.3 cm³/mol. The lowest BCUT2D eigenvalue weighted by Crippen LogP contribution is -2.28. The van der Waals surface area contributed by atoms with Gasteiger partial charge in [0.2, 0.25) is 5.91 Å². The maximum absolute atomic E-state index is 11.9. The summed E-state index contributed by atoms with van der Waals surface area (Å²) in [6.45, 7) is 2.44. The van der Waals surface area contributed by atoms with Crippen LogP contribution >= 0.6 is 23.7 Å². The minimum atomic E-state index is -0.263. The van der Waals surface area contributed by atoms with Crippen LogP contribution in [-0.4, -0.2) is 30.6 Å². The van der Waals surface area contributed by atoms with Crippen molar-refractivity contribution in [2.75, 3.05) is 19.0 Å². The van der Waals surface area contributed by atoms with E-state index in [0.29, 0.717) is 11.7 Å². The number of aromatic nitrogens is 1. The highest BCUT2D eigenvalue weighted by atomic mass is 35.5. The molecule has 0 saturated heterocycles. The van der Waals surface area contributed by atoms with Crippen LogP contribution in [0.3, 0.4) is 0 Å². The lowest BCUT2D eigenvalue weighted by atomic mass is 10.1. The van der Waals surface area contributed by atoms with Crippen molar-refractivity contribution in [2.45, 2.75) is 25.9 Å². The summed E-state index contributed by atoms with van der Waals surface area (Å²) in [5, 5.41) is 5.31. The monoisotopic (exact) mass is 355 g/mol. The zero-order chi connectivity index (χ0) is 15.9. The fraction of sp³-hybridized carbons (Fsp3) is 0.375. The highest BCUT2D eigenvalue weighted by Gasteiger charge is 2.13. The number of nitrogens with two attached hydrogens (primary N) is 1. The molecule has 1 atom stereocenters. The van der Waals surface area contributed by atoms with E-state index in [-0.39, 0.29) is 30.8 Å². The van der Waals surface area contributed by atoms with Crippen molar-refractivity contribution in [1.82, 2.24) is 4.98 Å². The molecule has 5 nitrogen and oxygen atoms in total. The van der Waals surface area contributed by atoms with Crippen LogP contribution in [0.1, 0.15) is 18.9 Å². The van der Waals surface area contributed by atoms with E-state index in [2.05, 4.69) is 41.5 Å². The summed E-state index contributed by atoms with van der Waals surface area (Å²) in [5.41, 5.74) is 8.71. The van der Waals surface area contributed by atoms with Crippen LogP contribution in [-0.2, 0) is 16.0 Å². The second-order valence-corrected chi connectivity index (χ2v) is 5.79. The first-order valence-electron chi connectivity index (χ1n) is 7.23. The first-order valence-corrected chi connectivity index (χ1v) is 8.11. The highest BCUT2D eigenvalue weighted by molar-refractivity contribution is 7.14. The molecule has 126 valence electrons. The zero-order valence-corrected chi connectivity index (χ0v) is 14.9. The van der Waals surface area contributed by atoms with E-state index in [1.165, 1.54) is 16.9 Å². The van der Waals surface area contributed by atoms with Crippen molar-refractivity contribution in [3.63, 3.8) is 0 Å². The van der Waals surface area contributed by atoms with Gasteiger partial charge in [0.05, 0.1) is 18.2 Å². The van der Waals surface area contributed by atoms with Gasteiger partial charge in [0.1, 0.15) is 0 Å². The molecule has 0 saturated carbocycles. The van der Waals surface area contributed by atoms with E-state index < -0.39 is 0 Å². The highest BCUT2D eigenvalue weighted by Crippen LogP contribution is 2.25. The second-order valence-electron chi connectivity index (χ2n) is 4.93. The lowest BCUT2D eigenvalue weighted by Gasteiger charge is -2.11. The van der Waals surface area contributed by atoms with Crippen molar-refractivity contribution < 1.29 is 9.53 Å². The summed E-state index contributed by atoms with van der Waals surface area (Å²) < 4.78 is 5.10. The number of nitrogens with one attached hydrogen (secondary N) is 1. The van der Waals surface area contributed by atoms with Gasteiger partial charge in [-0.05, 0) is 12.0 Å². The number of hydrogen-bond acceptors (Lipinski definition) is 5. The predicted octanol–water partition coefficient (Wildman–Crippen LogP) is 3.10. The van der Waals surface area contributed by atoms with Gasteiger partial charge in [-0.15, -0.1) is 23.7 Å². The first-order chi connectivity index (χ1) is 10.7. The van der Waals surface area contributed by atoms with Crippen molar-refractivity contribution in [2.24, 2.45) is 5.73 Å². The molecule has 0 bridgehead atoms. The third-order valence-corrected chi connectivity index (χ3v) is 4.18. The van der Waals surface area contributed by atoms with E-state index in [4.69, 9.17) is 10.5 Å². The maximum atomic E-state index is 11.9. The normalized spacial score (nSPS) is 11.6.